The number of aliphatic hydroxyl groups excluding tert-OH is 7. The van der Waals surface area contributed by atoms with Crippen LogP contribution in [0.2, 0.25) is 0 Å². The summed E-state index contributed by atoms with van der Waals surface area (Å²) in [6.45, 7) is 10.2. The van der Waals surface area contributed by atoms with Gasteiger partial charge in [-0.2, -0.15) is 0 Å². The summed E-state index contributed by atoms with van der Waals surface area (Å²) >= 11 is 0. The molecule has 8 N–H and O–H groups in total. The number of aliphatic hydroxyl groups is 8. The Morgan fingerprint density at radius 1 is 0.824 bits per heavy atom. The van der Waals surface area contributed by atoms with E-state index in [-0.39, 0.29) is 72.1 Å². The van der Waals surface area contributed by atoms with Gasteiger partial charge in [-0.05, 0) is 91.8 Å². The topological polar surface area (TPSA) is 208 Å². The number of fused-ring (bicyclic) bond motifs is 5. The van der Waals surface area contributed by atoms with Crippen LogP contribution in [-0.4, -0.2) is 140 Å². The summed E-state index contributed by atoms with van der Waals surface area (Å²) in [6, 6.07) is 0. The number of hydrogen-bond donors (Lipinski definition) is 8. The number of ether oxygens (including phenoxy) is 5. The zero-order valence-corrected chi connectivity index (χ0v) is 31.3. The highest BCUT2D eigenvalue weighted by Gasteiger charge is 2.70. The summed E-state index contributed by atoms with van der Waals surface area (Å²) in [6.07, 6.45) is -5.03. The summed E-state index contributed by atoms with van der Waals surface area (Å²) in [7, 11) is 1.47. The lowest BCUT2D eigenvalue weighted by molar-refractivity contribution is -0.308. The van der Waals surface area contributed by atoms with Gasteiger partial charge in [-0.1, -0.05) is 34.6 Å². The molecule has 4 saturated carbocycles. The molecule has 0 radical (unpaired) electrons. The van der Waals surface area contributed by atoms with Gasteiger partial charge in [-0.3, -0.25) is 0 Å². The minimum absolute atomic E-state index is 0.0416. The van der Waals surface area contributed by atoms with Gasteiger partial charge in [-0.15, -0.1) is 0 Å². The first-order chi connectivity index (χ1) is 24.0. The molecule has 0 aromatic carbocycles. The van der Waals surface area contributed by atoms with Crippen molar-refractivity contribution in [2.75, 3.05) is 20.3 Å². The van der Waals surface area contributed by atoms with Crippen molar-refractivity contribution in [3.8, 4) is 0 Å². The van der Waals surface area contributed by atoms with Crippen LogP contribution in [0, 0.1) is 46.3 Å². The Bertz CT molecular complexity index is 1180. The molecule has 296 valence electrons. The van der Waals surface area contributed by atoms with Crippen molar-refractivity contribution < 1.29 is 64.5 Å². The normalized spacial score (nSPS) is 52.6. The second-order valence-corrected chi connectivity index (χ2v) is 18.0. The van der Waals surface area contributed by atoms with E-state index in [0.717, 1.165) is 25.7 Å². The fourth-order valence-corrected chi connectivity index (χ4v) is 12.2. The van der Waals surface area contributed by atoms with Gasteiger partial charge in [0.2, 0.25) is 0 Å². The van der Waals surface area contributed by atoms with Crippen LogP contribution in [0.1, 0.15) is 92.4 Å². The molecule has 0 spiro atoms. The monoisotopic (exact) mass is 730 g/mol. The fourth-order valence-electron chi connectivity index (χ4n) is 12.2. The van der Waals surface area contributed by atoms with Gasteiger partial charge in [0.15, 0.2) is 12.6 Å². The Hall–Kier alpha value is -0.520. The average Bonchev–Trinajstić information content (AvgIpc) is 3.56. The van der Waals surface area contributed by atoms with Crippen LogP contribution in [0.4, 0.5) is 0 Å². The number of methoxy groups -OCH3 is 1. The van der Waals surface area contributed by atoms with E-state index in [2.05, 4.69) is 34.6 Å². The molecule has 0 aromatic rings. The van der Waals surface area contributed by atoms with Crippen LogP contribution < -0.4 is 0 Å². The highest BCUT2D eigenvalue weighted by Crippen LogP contribution is 2.69. The zero-order valence-electron chi connectivity index (χ0n) is 31.3. The molecule has 2 aliphatic heterocycles. The van der Waals surface area contributed by atoms with Gasteiger partial charge in [0.1, 0.15) is 36.6 Å². The van der Waals surface area contributed by atoms with E-state index in [1.807, 2.05) is 0 Å². The molecule has 0 aromatic heterocycles. The Morgan fingerprint density at radius 2 is 1.53 bits per heavy atom. The first kappa shape index (κ1) is 40.2. The Kier molecular flexibility index (Phi) is 12.0. The molecule has 2 heterocycles. The Balaban J connectivity index is 1.14. The molecule has 13 heteroatoms. The number of hydrogen-bond acceptors (Lipinski definition) is 13. The fraction of sp³-hybridized carbons (Fsp3) is 1.00. The molecular weight excluding hydrogens is 664 g/mol. The van der Waals surface area contributed by atoms with E-state index in [0.29, 0.717) is 25.7 Å². The van der Waals surface area contributed by atoms with E-state index in [1.165, 1.54) is 7.11 Å². The average molecular weight is 731 g/mol. The highest BCUT2D eigenvalue weighted by molar-refractivity contribution is 5.20. The maximum Gasteiger partial charge on any atom is 0.187 e. The molecule has 3 unspecified atom stereocenters. The van der Waals surface area contributed by atoms with Crippen LogP contribution in [0.25, 0.3) is 0 Å². The minimum Gasteiger partial charge on any atom is -0.394 e. The zero-order chi connectivity index (χ0) is 37.2. The van der Waals surface area contributed by atoms with E-state index in [9.17, 15) is 40.9 Å². The maximum atomic E-state index is 12.6. The van der Waals surface area contributed by atoms with Crippen molar-refractivity contribution >= 4 is 0 Å². The molecule has 6 fully saturated rings. The van der Waals surface area contributed by atoms with E-state index in [1.54, 1.807) is 0 Å². The Morgan fingerprint density at radius 3 is 2.20 bits per heavy atom. The lowest BCUT2D eigenvalue weighted by Crippen LogP contribution is -2.68. The summed E-state index contributed by atoms with van der Waals surface area (Å²) in [5, 5.41) is 87.0. The highest BCUT2D eigenvalue weighted by atomic mass is 16.8. The molecule has 2 saturated heterocycles. The van der Waals surface area contributed by atoms with Crippen molar-refractivity contribution in [3.05, 3.63) is 0 Å². The second kappa shape index (κ2) is 15.2. The van der Waals surface area contributed by atoms with E-state index < -0.39 is 73.1 Å². The van der Waals surface area contributed by atoms with Gasteiger partial charge in [0.25, 0.3) is 0 Å². The van der Waals surface area contributed by atoms with Crippen LogP contribution in [0.3, 0.4) is 0 Å². The third kappa shape index (κ3) is 6.97. The molecule has 4 aliphatic carbocycles. The lowest BCUT2D eigenvalue weighted by atomic mass is 9.42. The van der Waals surface area contributed by atoms with Crippen LogP contribution in [-0.2, 0) is 23.7 Å². The summed E-state index contributed by atoms with van der Waals surface area (Å²) in [4.78, 5) is 0. The number of rotatable bonds is 11. The van der Waals surface area contributed by atoms with Crippen molar-refractivity contribution in [1.82, 2.24) is 0 Å². The van der Waals surface area contributed by atoms with Gasteiger partial charge in [0, 0.05) is 19.4 Å². The van der Waals surface area contributed by atoms with E-state index in [4.69, 9.17) is 23.7 Å². The lowest BCUT2D eigenvalue weighted by Gasteiger charge is -2.66. The molecule has 0 bridgehead atoms. The maximum absolute atomic E-state index is 12.6. The summed E-state index contributed by atoms with van der Waals surface area (Å²) < 4.78 is 29.9. The molecule has 13 nitrogen and oxygen atoms in total. The minimum atomic E-state index is -1.52. The van der Waals surface area contributed by atoms with Gasteiger partial charge < -0.3 is 64.5 Å². The van der Waals surface area contributed by atoms with Crippen molar-refractivity contribution in [1.29, 1.82) is 0 Å². The molecule has 0 amide bonds. The van der Waals surface area contributed by atoms with Gasteiger partial charge in [0.05, 0.1) is 43.2 Å². The first-order valence-electron chi connectivity index (χ1n) is 19.5. The SMILES string of the molecule is CO[C@@H]1[C@@H](O[C@@H]2OC[C@@H](O)[C@H](O)[C@H]2O)[C@H](O[C@@H](CC[C@@H](C)[C@H]2C[C@@H](O)C3[C@]4(O)C[C@H](O)C5C[C@@H](O)CC[C@]5(C)C4CC[C@@]32C)C(C)C)O[C@H]1CO. The predicted molar refractivity (Wildman–Crippen MR) is 183 cm³/mol. The summed E-state index contributed by atoms with van der Waals surface area (Å²) in [5.74, 6) is -0.0422. The standard InChI is InChI=1S/C38H66O13/c1-18(2)26(49-35-32(31(47-6)27(16-39)50-35)51-34-30(45)29(44)25(43)17-48-34)8-7-19(3)21-14-23(41)33-37(21,5)12-10-28-36(4)11-9-20(40)13-22(36)24(42)15-38(28,33)46/h18-35,39-46H,7-17H2,1-6H3/t19-,20+,21-,22?,23-,24+,25-,26+,27+,28?,29+,30-,31+,32-,33?,34+,35-,36+,37-,38+/m1/s1. The molecule has 6 rings (SSSR count). The third-order valence-electron chi connectivity index (χ3n) is 14.8. The second-order valence-electron chi connectivity index (χ2n) is 18.0. The van der Waals surface area contributed by atoms with Crippen molar-refractivity contribution in [3.63, 3.8) is 0 Å². The molecular formula is C38H66O13. The van der Waals surface area contributed by atoms with Crippen LogP contribution in [0.15, 0.2) is 0 Å². The molecule has 6 aliphatic rings. The quantitative estimate of drug-likeness (QED) is 0.150. The van der Waals surface area contributed by atoms with Crippen molar-refractivity contribution in [2.45, 2.75) is 172 Å². The van der Waals surface area contributed by atoms with Gasteiger partial charge >= 0.3 is 0 Å². The molecule has 51 heavy (non-hydrogen) atoms. The predicted octanol–water partition coefficient (Wildman–Crippen LogP) is 1.08. The summed E-state index contributed by atoms with van der Waals surface area (Å²) in [5.41, 5.74) is -1.79. The van der Waals surface area contributed by atoms with Crippen LogP contribution in [0.5, 0.6) is 0 Å². The van der Waals surface area contributed by atoms with Crippen molar-refractivity contribution in [2.24, 2.45) is 46.3 Å². The third-order valence-corrected chi connectivity index (χ3v) is 14.8. The largest absolute Gasteiger partial charge is 0.394 e. The van der Waals surface area contributed by atoms with Crippen LogP contribution >= 0.6 is 0 Å². The van der Waals surface area contributed by atoms with Gasteiger partial charge in [-0.25, -0.2) is 0 Å². The van der Waals surface area contributed by atoms with E-state index >= 15 is 0 Å². The Labute approximate surface area is 302 Å². The first-order valence-corrected chi connectivity index (χ1v) is 19.5. The molecule has 20 atom stereocenters. The smallest absolute Gasteiger partial charge is 0.187 e.